The van der Waals surface area contributed by atoms with Crippen LogP contribution < -0.4 is 5.32 Å². The third-order valence-electron chi connectivity index (χ3n) is 3.05. The van der Waals surface area contributed by atoms with Crippen molar-refractivity contribution in [1.29, 1.82) is 0 Å². The number of nitrogens with zero attached hydrogens (tertiary/aromatic N) is 1. The van der Waals surface area contributed by atoms with Crippen LogP contribution in [0.1, 0.15) is 18.4 Å². The summed E-state index contributed by atoms with van der Waals surface area (Å²) < 4.78 is 0. The van der Waals surface area contributed by atoms with Crippen LogP contribution in [0, 0.1) is 10.1 Å². The Morgan fingerprint density at radius 1 is 1.44 bits per heavy atom. The van der Waals surface area contributed by atoms with Gasteiger partial charge in [-0.05, 0) is 36.0 Å². The number of hydrogen-bond acceptors (Lipinski definition) is 4. The number of hydrogen-bond donors (Lipinski definition) is 1. The van der Waals surface area contributed by atoms with Crippen molar-refractivity contribution in [3.63, 3.8) is 0 Å². The summed E-state index contributed by atoms with van der Waals surface area (Å²) in [6.07, 6.45) is 2.35. The Bertz CT molecular complexity index is 436. The normalized spacial score (nSPS) is 16.7. The highest BCUT2D eigenvalue weighted by atomic mass is 35.5. The van der Waals surface area contributed by atoms with Gasteiger partial charge in [-0.1, -0.05) is 11.6 Å². The summed E-state index contributed by atoms with van der Waals surface area (Å²) >= 11 is 8.03. The average molecular weight is 287 g/mol. The molecular weight excluding hydrogens is 272 g/mol. The quantitative estimate of drug-likeness (QED) is 0.682. The Labute approximate surface area is 115 Å². The fraction of sp³-hybridized carbons (Fsp3) is 0.500. The van der Waals surface area contributed by atoms with Crippen molar-refractivity contribution in [1.82, 2.24) is 5.32 Å². The van der Waals surface area contributed by atoms with Crippen LogP contribution in [0.2, 0.25) is 5.02 Å². The zero-order valence-corrected chi connectivity index (χ0v) is 11.5. The Balaban J connectivity index is 1.94. The number of rotatable bonds is 4. The van der Waals surface area contributed by atoms with E-state index < -0.39 is 4.92 Å². The summed E-state index contributed by atoms with van der Waals surface area (Å²) in [5.74, 6) is 2.40. The molecule has 0 bridgehead atoms. The summed E-state index contributed by atoms with van der Waals surface area (Å²) in [6, 6.07) is 5.18. The highest BCUT2D eigenvalue weighted by molar-refractivity contribution is 7.99. The predicted octanol–water partition coefficient (Wildman–Crippen LogP) is 3.23. The van der Waals surface area contributed by atoms with Crippen LogP contribution >= 0.6 is 23.4 Å². The first-order valence-electron chi connectivity index (χ1n) is 5.91. The first-order chi connectivity index (χ1) is 8.66. The fourth-order valence-corrected chi connectivity index (χ4v) is 3.30. The van der Waals surface area contributed by atoms with E-state index in [1.54, 1.807) is 6.07 Å². The zero-order chi connectivity index (χ0) is 13.0. The number of benzene rings is 1. The lowest BCUT2D eigenvalue weighted by Gasteiger charge is -2.22. The molecule has 0 atom stereocenters. The molecule has 1 aromatic rings. The van der Waals surface area contributed by atoms with E-state index in [9.17, 15) is 10.1 Å². The topological polar surface area (TPSA) is 55.2 Å². The second kappa shape index (κ2) is 6.41. The van der Waals surface area contributed by atoms with Gasteiger partial charge in [0.15, 0.2) is 0 Å². The lowest BCUT2D eigenvalue weighted by atomic mass is 10.1. The monoisotopic (exact) mass is 286 g/mol. The molecule has 0 aliphatic carbocycles. The molecule has 1 heterocycles. The summed E-state index contributed by atoms with van der Waals surface area (Å²) in [4.78, 5) is 10.2. The van der Waals surface area contributed by atoms with E-state index >= 15 is 0 Å². The third kappa shape index (κ3) is 3.60. The van der Waals surface area contributed by atoms with E-state index in [0.29, 0.717) is 17.6 Å². The standard InChI is InChI=1S/C12H15ClN2O2S/c13-12-7-11(15(16)17)2-1-9(12)8-14-10-3-5-18-6-4-10/h1-2,7,10,14H,3-6,8H2. The van der Waals surface area contributed by atoms with Gasteiger partial charge in [0.05, 0.1) is 9.95 Å². The molecule has 1 aromatic carbocycles. The molecule has 98 valence electrons. The van der Waals surface area contributed by atoms with Crippen molar-refractivity contribution in [2.75, 3.05) is 11.5 Å². The average Bonchev–Trinajstić information content (AvgIpc) is 2.38. The van der Waals surface area contributed by atoms with E-state index in [-0.39, 0.29) is 5.69 Å². The van der Waals surface area contributed by atoms with Crippen LogP contribution in [0.4, 0.5) is 5.69 Å². The molecule has 18 heavy (non-hydrogen) atoms. The van der Waals surface area contributed by atoms with Crippen LogP contribution in [0.25, 0.3) is 0 Å². The van der Waals surface area contributed by atoms with Crippen molar-refractivity contribution in [2.24, 2.45) is 0 Å². The molecule has 0 amide bonds. The lowest BCUT2D eigenvalue weighted by Crippen LogP contribution is -2.32. The van der Waals surface area contributed by atoms with E-state index in [1.165, 1.54) is 36.5 Å². The zero-order valence-electron chi connectivity index (χ0n) is 9.89. The van der Waals surface area contributed by atoms with Gasteiger partial charge in [-0.25, -0.2) is 0 Å². The highest BCUT2D eigenvalue weighted by Crippen LogP contribution is 2.23. The molecule has 0 aromatic heterocycles. The predicted molar refractivity (Wildman–Crippen MR) is 75.3 cm³/mol. The number of nitro groups is 1. The van der Waals surface area contributed by atoms with Crippen LogP contribution in [-0.4, -0.2) is 22.5 Å². The van der Waals surface area contributed by atoms with Crippen molar-refractivity contribution in [3.05, 3.63) is 38.9 Å². The first kappa shape index (κ1) is 13.6. The minimum atomic E-state index is -0.429. The van der Waals surface area contributed by atoms with Gasteiger partial charge < -0.3 is 5.32 Å². The number of halogens is 1. The third-order valence-corrected chi connectivity index (χ3v) is 4.45. The summed E-state index contributed by atoms with van der Waals surface area (Å²) in [5.41, 5.74) is 0.957. The van der Waals surface area contributed by atoms with E-state index in [2.05, 4.69) is 5.32 Å². The molecule has 6 heteroatoms. The second-order valence-electron chi connectivity index (χ2n) is 4.30. The molecule has 0 saturated carbocycles. The molecule has 4 nitrogen and oxygen atoms in total. The van der Waals surface area contributed by atoms with Crippen molar-refractivity contribution in [2.45, 2.75) is 25.4 Å². The van der Waals surface area contributed by atoms with E-state index in [1.807, 2.05) is 11.8 Å². The van der Waals surface area contributed by atoms with Gasteiger partial charge in [-0.2, -0.15) is 11.8 Å². The maximum Gasteiger partial charge on any atom is 0.270 e. The molecule has 1 aliphatic heterocycles. The molecule has 1 fully saturated rings. The summed E-state index contributed by atoms with van der Waals surface area (Å²) in [7, 11) is 0. The summed E-state index contributed by atoms with van der Waals surface area (Å²) in [6.45, 7) is 0.673. The molecule has 0 radical (unpaired) electrons. The second-order valence-corrected chi connectivity index (χ2v) is 5.93. The van der Waals surface area contributed by atoms with Crippen LogP contribution in [0.3, 0.4) is 0 Å². The minimum Gasteiger partial charge on any atom is -0.310 e. The Morgan fingerprint density at radius 3 is 2.78 bits per heavy atom. The van der Waals surface area contributed by atoms with Crippen LogP contribution in [-0.2, 0) is 6.54 Å². The molecule has 2 rings (SSSR count). The number of nitro benzene ring substituents is 1. The molecular formula is C12H15ClN2O2S. The van der Waals surface area contributed by atoms with Gasteiger partial charge in [0.1, 0.15) is 0 Å². The molecule has 1 saturated heterocycles. The number of thioether (sulfide) groups is 1. The van der Waals surface area contributed by atoms with Crippen LogP contribution in [0.15, 0.2) is 18.2 Å². The van der Waals surface area contributed by atoms with Gasteiger partial charge in [0.25, 0.3) is 5.69 Å². The number of non-ortho nitro benzene ring substituents is 1. The Morgan fingerprint density at radius 2 is 2.17 bits per heavy atom. The summed E-state index contributed by atoms with van der Waals surface area (Å²) in [5, 5.41) is 14.5. The smallest absolute Gasteiger partial charge is 0.270 e. The Kier molecular flexibility index (Phi) is 4.86. The molecule has 0 spiro atoms. The molecule has 1 N–H and O–H groups in total. The van der Waals surface area contributed by atoms with Crippen molar-refractivity contribution >= 4 is 29.1 Å². The largest absolute Gasteiger partial charge is 0.310 e. The maximum absolute atomic E-state index is 10.6. The van der Waals surface area contributed by atoms with Gasteiger partial charge >= 0.3 is 0 Å². The number of nitrogens with one attached hydrogen (secondary N) is 1. The molecule has 0 unspecified atom stereocenters. The Hall–Kier alpha value is -0.780. The van der Waals surface area contributed by atoms with Gasteiger partial charge in [-0.3, -0.25) is 10.1 Å². The van der Waals surface area contributed by atoms with E-state index in [4.69, 9.17) is 11.6 Å². The van der Waals surface area contributed by atoms with Gasteiger partial charge in [0, 0.05) is 24.7 Å². The van der Waals surface area contributed by atoms with Crippen molar-refractivity contribution < 1.29 is 4.92 Å². The fourth-order valence-electron chi connectivity index (χ4n) is 1.95. The van der Waals surface area contributed by atoms with E-state index in [0.717, 1.165) is 5.56 Å². The minimum absolute atomic E-state index is 0.0396. The maximum atomic E-state index is 10.6. The first-order valence-corrected chi connectivity index (χ1v) is 7.44. The van der Waals surface area contributed by atoms with Gasteiger partial charge in [0.2, 0.25) is 0 Å². The lowest BCUT2D eigenvalue weighted by molar-refractivity contribution is -0.384. The van der Waals surface area contributed by atoms with Crippen molar-refractivity contribution in [3.8, 4) is 0 Å². The SMILES string of the molecule is O=[N+]([O-])c1ccc(CNC2CCSCC2)c(Cl)c1. The van der Waals surface area contributed by atoms with Crippen LogP contribution in [0.5, 0.6) is 0 Å². The van der Waals surface area contributed by atoms with Gasteiger partial charge in [-0.15, -0.1) is 0 Å². The molecule has 1 aliphatic rings. The highest BCUT2D eigenvalue weighted by Gasteiger charge is 2.14.